The van der Waals surface area contributed by atoms with Gasteiger partial charge in [-0.3, -0.25) is 18.6 Å². The maximum Gasteiger partial charge on any atom is 0.472 e. The molecule has 0 rings (SSSR count). The molecule has 0 bridgehead atoms. The number of unbranched alkanes of at least 4 members (excludes halogenated alkanes) is 20. The second kappa shape index (κ2) is 29.1. The minimum atomic E-state index is -4.32. The Morgan fingerprint density at radius 1 is 0.683 bits per heavy atom. The molecule has 0 fully saturated rings. The molecule has 0 radical (unpaired) electrons. The van der Waals surface area contributed by atoms with Gasteiger partial charge in [-0.05, 0) is 6.42 Å². The van der Waals surface area contributed by atoms with Crippen LogP contribution < -0.4 is 5.73 Å². The van der Waals surface area contributed by atoms with Gasteiger partial charge in [0.25, 0.3) is 0 Å². The Hall–Kier alpha value is -0.990. The number of hydrogen-bond donors (Lipinski definition) is 2. The van der Waals surface area contributed by atoms with Gasteiger partial charge in [0.1, 0.15) is 6.61 Å². The zero-order chi connectivity index (χ0) is 30.4. The summed E-state index contributed by atoms with van der Waals surface area (Å²) in [6.45, 7) is 2.67. The Balaban J connectivity index is 3.57. The van der Waals surface area contributed by atoms with Crippen molar-refractivity contribution >= 4 is 19.8 Å². The predicted octanol–water partition coefficient (Wildman–Crippen LogP) is 8.16. The fourth-order valence-electron chi connectivity index (χ4n) is 4.69. The second-order valence-electron chi connectivity index (χ2n) is 11.1. The summed E-state index contributed by atoms with van der Waals surface area (Å²) in [4.78, 5) is 32.9. The normalized spacial score (nSPS) is 13.6. The number of phosphoric acid groups is 1. The first kappa shape index (κ1) is 40.0. The average molecular weight is 608 g/mol. The monoisotopic (exact) mass is 607 g/mol. The Kier molecular flexibility index (Phi) is 28.4. The van der Waals surface area contributed by atoms with E-state index in [4.69, 9.17) is 19.7 Å². The third kappa shape index (κ3) is 30.3. The van der Waals surface area contributed by atoms with E-state index in [1.165, 1.54) is 122 Å². The summed E-state index contributed by atoms with van der Waals surface area (Å²) in [5.41, 5.74) is 5.23. The molecule has 0 heterocycles. The zero-order valence-electron chi connectivity index (χ0n) is 26.3. The van der Waals surface area contributed by atoms with Crippen LogP contribution in [0.2, 0.25) is 0 Å². The molecule has 9 nitrogen and oxygen atoms in total. The number of carbonyl (C=O) groups is 2. The van der Waals surface area contributed by atoms with Crippen molar-refractivity contribution in [3.8, 4) is 0 Å². The molecule has 0 aromatic rings. The number of nitrogens with two attached hydrogens (primary N) is 1. The first-order valence-electron chi connectivity index (χ1n) is 16.5. The van der Waals surface area contributed by atoms with E-state index in [1.54, 1.807) is 0 Å². The van der Waals surface area contributed by atoms with E-state index in [9.17, 15) is 19.0 Å². The number of carbonyl (C=O) groups excluding carboxylic acids is 2. The van der Waals surface area contributed by atoms with E-state index < -0.39 is 32.5 Å². The largest absolute Gasteiger partial charge is 0.472 e. The molecule has 0 aliphatic rings. The number of phosphoric ester groups is 1. The van der Waals surface area contributed by atoms with Crippen LogP contribution in [0.3, 0.4) is 0 Å². The number of esters is 2. The van der Waals surface area contributed by atoms with Crippen LogP contribution in [-0.2, 0) is 32.7 Å². The second-order valence-corrected chi connectivity index (χ2v) is 12.6. The number of hydrogen-bond acceptors (Lipinski definition) is 8. The van der Waals surface area contributed by atoms with Gasteiger partial charge in [0.05, 0.1) is 13.2 Å². The van der Waals surface area contributed by atoms with Gasteiger partial charge >= 0.3 is 19.8 Å². The molecule has 0 saturated heterocycles. The van der Waals surface area contributed by atoms with Gasteiger partial charge in [-0.1, -0.05) is 135 Å². The van der Waals surface area contributed by atoms with Crippen molar-refractivity contribution in [2.45, 2.75) is 161 Å². The van der Waals surface area contributed by atoms with Crippen LogP contribution in [0.1, 0.15) is 155 Å². The van der Waals surface area contributed by atoms with E-state index in [0.717, 1.165) is 19.3 Å². The Labute approximate surface area is 250 Å². The molecule has 10 heteroatoms. The third-order valence-corrected chi connectivity index (χ3v) is 8.03. The standard InChI is InChI=1S/C31H62NO8P/c1-3-4-5-6-7-8-9-10-11-12-13-14-15-16-17-18-19-20-21-22-23-24-31(34)37-27-30(40-29(2)33)28-39-41(35,36)38-26-25-32/h30H,3-28,32H2,1-2H3,(H,35,36)/t30-/m1/s1. The van der Waals surface area contributed by atoms with Gasteiger partial charge < -0.3 is 20.1 Å². The smallest absolute Gasteiger partial charge is 0.462 e. The zero-order valence-corrected chi connectivity index (χ0v) is 27.2. The van der Waals surface area contributed by atoms with Crippen molar-refractivity contribution in [2.75, 3.05) is 26.4 Å². The molecule has 0 aliphatic heterocycles. The summed E-state index contributed by atoms with van der Waals surface area (Å²) >= 11 is 0. The van der Waals surface area contributed by atoms with Crippen molar-refractivity contribution in [1.82, 2.24) is 0 Å². The van der Waals surface area contributed by atoms with Gasteiger partial charge in [0.15, 0.2) is 6.10 Å². The van der Waals surface area contributed by atoms with Crippen molar-refractivity contribution in [3.63, 3.8) is 0 Å². The lowest BCUT2D eigenvalue weighted by atomic mass is 10.0. The first-order valence-corrected chi connectivity index (χ1v) is 17.9. The van der Waals surface area contributed by atoms with Crippen LogP contribution in [-0.4, -0.2) is 49.3 Å². The summed E-state index contributed by atoms with van der Waals surface area (Å²) in [6, 6.07) is 0. The van der Waals surface area contributed by atoms with E-state index in [2.05, 4.69) is 11.4 Å². The lowest BCUT2D eigenvalue weighted by molar-refractivity contribution is -0.159. The van der Waals surface area contributed by atoms with Crippen LogP contribution >= 0.6 is 7.82 Å². The first-order chi connectivity index (χ1) is 19.8. The third-order valence-electron chi connectivity index (χ3n) is 7.04. The van der Waals surface area contributed by atoms with Gasteiger partial charge in [-0.15, -0.1) is 0 Å². The van der Waals surface area contributed by atoms with E-state index >= 15 is 0 Å². The molecular formula is C31H62NO8P. The summed E-state index contributed by atoms with van der Waals surface area (Å²) < 4.78 is 31.3. The van der Waals surface area contributed by atoms with Crippen LogP contribution in [0.4, 0.5) is 0 Å². The maximum atomic E-state index is 12.0. The summed E-state index contributed by atoms with van der Waals surface area (Å²) in [5, 5.41) is 0. The Morgan fingerprint density at radius 3 is 1.49 bits per heavy atom. The van der Waals surface area contributed by atoms with Crippen LogP contribution in [0.15, 0.2) is 0 Å². The molecule has 0 aromatic heterocycles. The molecule has 244 valence electrons. The SMILES string of the molecule is CCCCCCCCCCCCCCCCCCCCCCCC(=O)OC[C@H](COP(=O)(O)OCCN)OC(C)=O. The lowest BCUT2D eigenvalue weighted by Gasteiger charge is -2.19. The van der Waals surface area contributed by atoms with E-state index in [1.807, 2.05) is 0 Å². The highest BCUT2D eigenvalue weighted by Gasteiger charge is 2.25. The molecule has 41 heavy (non-hydrogen) atoms. The fourth-order valence-corrected chi connectivity index (χ4v) is 5.46. The molecule has 0 aromatic carbocycles. The van der Waals surface area contributed by atoms with Crippen molar-refractivity contribution in [2.24, 2.45) is 5.73 Å². The highest BCUT2D eigenvalue weighted by Crippen LogP contribution is 2.43. The molecule has 2 atom stereocenters. The Bertz CT molecular complexity index is 664. The maximum absolute atomic E-state index is 12.0. The molecule has 3 N–H and O–H groups in total. The molecule has 0 saturated carbocycles. The van der Waals surface area contributed by atoms with E-state index in [-0.39, 0.29) is 26.2 Å². The van der Waals surface area contributed by atoms with Crippen LogP contribution in [0, 0.1) is 0 Å². The number of ether oxygens (including phenoxy) is 2. The van der Waals surface area contributed by atoms with Crippen molar-refractivity contribution in [1.29, 1.82) is 0 Å². The summed E-state index contributed by atoms with van der Waals surface area (Å²) in [6.07, 6.45) is 26.7. The van der Waals surface area contributed by atoms with Gasteiger partial charge in [0, 0.05) is 19.9 Å². The average Bonchev–Trinajstić information content (AvgIpc) is 2.94. The molecular weight excluding hydrogens is 545 g/mol. The van der Waals surface area contributed by atoms with Crippen LogP contribution in [0.5, 0.6) is 0 Å². The molecule has 0 aliphatic carbocycles. The van der Waals surface area contributed by atoms with Gasteiger partial charge in [-0.25, -0.2) is 4.57 Å². The summed E-state index contributed by atoms with van der Waals surface area (Å²) in [7, 11) is -4.32. The van der Waals surface area contributed by atoms with E-state index in [0.29, 0.717) is 0 Å². The Morgan fingerprint density at radius 2 is 1.10 bits per heavy atom. The van der Waals surface area contributed by atoms with Crippen LogP contribution in [0.25, 0.3) is 0 Å². The molecule has 0 spiro atoms. The highest BCUT2D eigenvalue weighted by atomic mass is 31.2. The fraction of sp³-hybridized carbons (Fsp3) is 0.935. The predicted molar refractivity (Wildman–Crippen MR) is 165 cm³/mol. The number of rotatable bonds is 31. The molecule has 1 unspecified atom stereocenters. The lowest BCUT2D eigenvalue weighted by Crippen LogP contribution is -2.28. The van der Waals surface area contributed by atoms with Gasteiger partial charge in [0.2, 0.25) is 0 Å². The highest BCUT2D eigenvalue weighted by molar-refractivity contribution is 7.47. The van der Waals surface area contributed by atoms with Gasteiger partial charge in [-0.2, -0.15) is 0 Å². The minimum absolute atomic E-state index is 0.0540. The topological polar surface area (TPSA) is 134 Å². The quantitative estimate of drug-likeness (QED) is 0.0454. The van der Waals surface area contributed by atoms with Crippen molar-refractivity contribution in [3.05, 3.63) is 0 Å². The summed E-state index contributed by atoms with van der Waals surface area (Å²) in [5.74, 6) is -1.01. The minimum Gasteiger partial charge on any atom is -0.462 e. The molecule has 0 amide bonds. The van der Waals surface area contributed by atoms with Crippen molar-refractivity contribution < 1.29 is 37.6 Å².